The minimum absolute atomic E-state index is 0.239. The second-order valence-corrected chi connectivity index (χ2v) is 33.1. The molecule has 2 aliphatic heterocycles. The van der Waals surface area contributed by atoms with Crippen molar-refractivity contribution in [3.05, 3.63) is 48.6 Å². The Labute approximate surface area is 664 Å². The highest BCUT2D eigenvalue weighted by Gasteiger charge is 2.51. The third kappa shape index (κ3) is 58.7. The molecule has 9 N–H and O–H groups in total. The van der Waals surface area contributed by atoms with Gasteiger partial charge in [0, 0.05) is 6.42 Å². The van der Waals surface area contributed by atoms with Crippen LogP contribution in [0.2, 0.25) is 0 Å². The van der Waals surface area contributed by atoms with Crippen molar-refractivity contribution < 1.29 is 64.6 Å². The van der Waals surface area contributed by atoms with Gasteiger partial charge in [0.05, 0.1) is 32.0 Å². The Bertz CT molecular complexity index is 2000. The number of unbranched alkanes of at least 4 members (excludes halogenated alkanes) is 62. The van der Waals surface area contributed by atoms with Gasteiger partial charge in [0.1, 0.15) is 48.8 Å². The number of aliphatic hydroxyl groups excluding tert-OH is 8. The molecule has 2 heterocycles. The number of ether oxygens (including phenoxy) is 4. The predicted molar refractivity (Wildman–Crippen MR) is 452 cm³/mol. The van der Waals surface area contributed by atoms with E-state index in [1.807, 2.05) is 6.08 Å². The van der Waals surface area contributed by atoms with E-state index < -0.39 is 86.8 Å². The van der Waals surface area contributed by atoms with E-state index in [9.17, 15) is 45.6 Å². The van der Waals surface area contributed by atoms with Gasteiger partial charge in [-0.15, -0.1) is 0 Å². The van der Waals surface area contributed by atoms with Gasteiger partial charge in [0.15, 0.2) is 12.6 Å². The van der Waals surface area contributed by atoms with Gasteiger partial charge in [0.25, 0.3) is 0 Å². The summed E-state index contributed by atoms with van der Waals surface area (Å²) >= 11 is 0. The lowest BCUT2D eigenvalue weighted by Gasteiger charge is -2.46. The molecule has 0 aromatic carbocycles. The molecule has 14 heteroatoms. The molecule has 1 amide bonds. The molecule has 0 bridgehead atoms. The van der Waals surface area contributed by atoms with Crippen molar-refractivity contribution in [1.82, 2.24) is 5.32 Å². The van der Waals surface area contributed by atoms with E-state index in [-0.39, 0.29) is 18.9 Å². The SMILES string of the molecule is CCCCCCC/C=C\C/C=C\CCCCCCCCCCCCCCCCCCCCCCCCCCCCCCCC(=O)NC(COC1OC(CO)C(OC2OC(CO)C(O)C(O)C2O)C(O)C1O)C(O)/C=C/CC/C=C/CCCCCCCCCCCCCCCCCCCCCCCCCCCCC. The molecule has 108 heavy (non-hydrogen) atoms. The molecule has 12 atom stereocenters. The Morgan fingerprint density at radius 1 is 0.333 bits per heavy atom. The fraction of sp³-hybridized carbons (Fsp3) is 0.904. The summed E-state index contributed by atoms with van der Waals surface area (Å²) in [6.45, 7) is 2.85. The number of amides is 1. The minimum atomic E-state index is -1.79. The summed E-state index contributed by atoms with van der Waals surface area (Å²) < 4.78 is 23.0. The maximum atomic E-state index is 13.4. The molecule has 0 radical (unpaired) electrons. The Balaban J connectivity index is 1.55. The first kappa shape index (κ1) is 102. The largest absolute Gasteiger partial charge is 0.394 e. The van der Waals surface area contributed by atoms with Crippen LogP contribution in [0.25, 0.3) is 0 Å². The fourth-order valence-electron chi connectivity index (χ4n) is 15.6. The van der Waals surface area contributed by atoms with Gasteiger partial charge >= 0.3 is 0 Å². The van der Waals surface area contributed by atoms with Gasteiger partial charge in [-0.05, 0) is 64.2 Å². The van der Waals surface area contributed by atoms with E-state index in [1.165, 1.54) is 379 Å². The lowest BCUT2D eigenvalue weighted by Crippen LogP contribution is -2.65. The van der Waals surface area contributed by atoms with Crippen LogP contribution in [0.3, 0.4) is 0 Å². The van der Waals surface area contributed by atoms with Crippen LogP contribution in [0.5, 0.6) is 0 Å². The van der Waals surface area contributed by atoms with Crippen LogP contribution in [0, 0.1) is 0 Å². The molecule has 636 valence electrons. The van der Waals surface area contributed by atoms with Crippen LogP contribution in [0.1, 0.15) is 450 Å². The highest BCUT2D eigenvalue weighted by atomic mass is 16.7. The van der Waals surface area contributed by atoms with E-state index in [0.29, 0.717) is 12.8 Å². The molecule has 0 aliphatic carbocycles. The molecule has 14 nitrogen and oxygen atoms in total. The third-order valence-electron chi connectivity index (χ3n) is 23.0. The molecule has 2 rings (SSSR count). The van der Waals surface area contributed by atoms with Crippen LogP contribution < -0.4 is 5.32 Å². The third-order valence-corrected chi connectivity index (χ3v) is 23.0. The molecule has 0 aromatic heterocycles. The van der Waals surface area contributed by atoms with E-state index in [1.54, 1.807) is 6.08 Å². The highest BCUT2D eigenvalue weighted by Crippen LogP contribution is 2.31. The highest BCUT2D eigenvalue weighted by molar-refractivity contribution is 5.76. The van der Waals surface area contributed by atoms with Crippen LogP contribution in [0.15, 0.2) is 48.6 Å². The van der Waals surface area contributed by atoms with Crippen molar-refractivity contribution in [2.75, 3.05) is 19.8 Å². The summed E-state index contributed by atoms with van der Waals surface area (Å²) in [5.41, 5.74) is 0. The van der Waals surface area contributed by atoms with Gasteiger partial charge in [-0.3, -0.25) is 4.79 Å². The van der Waals surface area contributed by atoms with Gasteiger partial charge in [0.2, 0.25) is 5.91 Å². The molecule has 2 saturated heterocycles. The van der Waals surface area contributed by atoms with Crippen LogP contribution in [-0.2, 0) is 23.7 Å². The first-order valence-corrected chi connectivity index (χ1v) is 46.9. The van der Waals surface area contributed by atoms with Crippen LogP contribution >= 0.6 is 0 Å². The average molecular weight is 1530 g/mol. The first-order chi connectivity index (χ1) is 53.1. The lowest BCUT2D eigenvalue weighted by atomic mass is 9.97. The maximum absolute atomic E-state index is 13.4. The smallest absolute Gasteiger partial charge is 0.220 e. The van der Waals surface area contributed by atoms with Crippen molar-refractivity contribution in [2.45, 2.75) is 524 Å². The number of hydrogen-bond donors (Lipinski definition) is 9. The van der Waals surface area contributed by atoms with Crippen molar-refractivity contribution in [3.63, 3.8) is 0 Å². The van der Waals surface area contributed by atoms with E-state index in [2.05, 4.69) is 55.6 Å². The molecule has 12 unspecified atom stereocenters. The van der Waals surface area contributed by atoms with Gasteiger partial charge in [-0.2, -0.15) is 0 Å². The molecule has 0 spiro atoms. The zero-order chi connectivity index (χ0) is 77.9. The van der Waals surface area contributed by atoms with Crippen molar-refractivity contribution >= 4 is 5.91 Å². The number of carbonyl (C=O) groups excluding carboxylic acids is 1. The van der Waals surface area contributed by atoms with Gasteiger partial charge in [-0.1, -0.05) is 428 Å². The number of hydrogen-bond acceptors (Lipinski definition) is 13. The van der Waals surface area contributed by atoms with E-state index in [0.717, 1.165) is 38.5 Å². The quantitative estimate of drug-likeness (QED) is 0.0204. The standard InChI is InChI=1S/C94H177NO13/c1-3-5-7-9-11-13-15-17-19-21-23-25-27-29-31-33-35-37-38-39-40-41-42-43-44-46-48-50-52-54-56-58-60-62-64-66-68-70-72-74-76-78-86(99)95-82(81-105-93-91(104)89(102)92(85(80-97)107-93)108-94-90(103)88(101)87(100)84(79-96)106-94)83(98)77-75-73-71-69-67-65-63-61-59-57-55-53-51-49-47-45-36-34-32-30-28-26-24-22-20-18-16-14-12-10-8-6-4-2/h15,17,21,23,67,69,75,77,82-85,87-94,96-98,100-104H,3-14,16,18-20,22,24-66,68,70-74,76,78-81H2,1-2H3,(H,95,99)/b17-15-,23-21-,69-67+,77-75+. The number of aliphatic hydroxyl groups is 8. The lowest BCUT2D eigenvalue weighted by molar-refractivity contribution is -0.359. The second-order valence-electron chi connectivity index (χ2n) is 33.1. The minimum Gasteiger partial charge on any atom is -0.394 e. The molecular formula is C94H177NO13. The van der Waals surface area contributed by atoms with Crippen molar-refractivity contribution in [1.29, 1.82) is 0 Å². The normalized spacial score (nSPS) is 21.3. The van der Waals surface area contributed by atoms with Crippen molar-refractivity contribution in [2.24, 2.45) is 0 Å². The maximum Gasteiger partial charge on any atom is 0.220 e. The Morgan fingerprint density at radius 3 is 0.963 bits per heavy atom. The summed E-state index contributed by atoms with van der Waals surface area (Å²) in [5, 5.41) is 87.9. The summed E-state index contributed by atoms with van der Waals surface area (Å²) in [4.78, 5) is 13.4. The summed E-state index contributed by atoms with van der Waals surface area (Å²) in [6.07, 6.45) is 89.7. The Morgan fingerprint density at radius 2 is 0.620 bits per heavy atom. The number of allylic oxidation sites excluding steroid dienone is 7. The average Bonchev–Trinajstić information content (AvgIpc) is 0.789. The Kier molecular flexibility index (Phi) is 73.2. The summed E-state index contributed by atoms with van der Waals surface area (Å²) in [6, 6.07) is -0.933. The molecule has 0 saturated carbocycles. The fourth-order valence-corrected chi connectivity index (χ4v) is 15.6. The Hall–Kier alpha value is -2.05. The molecule has 2 aliphatic rings. The van der Waals surface area contributed by atoms with Crippen LogP contribution in [-0.4, -0.2) is 140 Å². The first-order valence-electron chi connectivity index (χ1n) is 46.9. The van der Waals surface area contributed by atoms with E-state index in [4.69, 9.17) is 18.9 Å². The van der Waals surface area contributed by atoms with E-state index >= 15 is 0 Å². The topological polar surface area (TPSA) is 228 Å². The number of carbonyl (C=O) groups is 1. The molecule has 0 aromatic rings. The van der Waals surface area contributed by atoms with Gasteiger partial charge in [-0.25, -0.2) is 0 Å². The van der Waals surface area contributed by atoms with Gasteiger partial charge < -0.3 is 65.1 Å². The zero-order valence-electron chi connectivity index (χ0n) is 70.4. The number of nitrogens with one attached hydrogen (secondary N) is 1. The summed E-state index contributed by atoms with van der Waals surface area (Å²) in [5.74, 6) is -0.239. The zero-order valence-corrected chi connectivity index (χ0v) is 70.4. The number of rotatable bonds is 81. The van der Waals surface area contributed by atoms with Crippen LogP contribution in [0.4, 0.5) is 0 Å². The monoisotopic (exact) mass is 1530 g/mol. The van der Waals surface area contributed by atoms with Crippen molar-refractivity contribution in [3.8, 4) is 0 Å². The second kappa shape index (κ2) is 77.5. The predicted octanol–water partition coefficient (Wildman–Crippen LogP) is 23.3. The molecule has 2 fully saturated rings. The summed E-state index contributed by atoms with van der Waals surface area (Å²) in [7, 11) is 0. The molecular weight excluding hydrogens is 1350 g/mol.